The maximum Gasteiger partial charge on any atom is 0.126 e. The van der Waals surface area contributed by atoms with Crippen molar-refractivity contribution in [3.05, 3.63) is 35.1 Å². The maximum absolute atomic E-state index is 13.3. The third-order valence-electron chi connectivity index (χ3n) is 3.49. The molecule has 0 aliphatic rings. The van der Waals surface area contributed by atoms with Gasteiger partial charge in [-0.2, -0.15) is 0 Å². The number of nitrogens with one attached hydrogen (secondary N) is 1. The zero-order valence-electron chi connectivity index (χ0n) is 11.6. The summed E-state index contributed by atoms with van der Waals surface area (Å²) in [6.45, 7) is 12.4. The fraction of sp³-hybridized carbons (Fsp3) is 0.600. The van der Waals surface area contributed by atoms with E-state index < -0.39 is 0 Å². The molecule has 0 radical (unpaired) electrons. The molecule has 0 heterocycles. The van der Waals surface area contributed by atoms with Crippen molar-refractivity contribution in [3.63, 3.8) is 0 Å². The monoisotopic (exact) mass is 237 g/mol. The van der Waals surface area contributed by atoms with Crippen LogP contribution in [0.25, 0.3) is 0 Å². The Bertz CT molecular complexity index is 366. The summed E-state index contributed by atoms with van der Waals surface area (Å²) < 4.78 is 13.3. The van der Waals surface area contributed by atoms with Crippen LogP contribution in [0.15, 0.2) is 18.2 Å². The topological polar surface area (TPSA) is 12.0 Å². The highest BCUT2D eigenvalue weighted by Crippen LogP contribution is 2.24. The van der Waals surface area contributed by atoms with Gasteiger partial charge in [0.25, 0.3) is 0 Å². The van der Waals surface area contributed by atoms with Gasteiger partial charge in [0.1, 0.15) is 5.82 Å². The van der Waals surface area contributed by atoms with Crippen LogP contribution in [0.3, 0.4) is 0 Å². The number of rotatable bonds is 4. The summed E-state index contributed by atoms with van der Waals surface area (Å²) >= 11 is 0. The second-order valence-electron chi connectivity index (χ2n) is 5.98. The number of aryl methyl sites for hydroxylation is 1. The molecule has 2 heteroatoms. The smallest absolute Gasteiger partial charge is 0.126 e. The number of hydrogen-bond acceptors (Lipinski definition) is 1. The summed E-state index contributed by atoms with van der Waals surface area (Å²) in [5.74, 6) is 0.478. The third kappa shape index (κ3) is 4.47. The average molecular weight is 237 g/mol. The molecule has 0 spiro atoms. The van der Waals surface area contributed by atoms with Crippen LogP contribution < -0.4 is 5.32 Å². The van der Waals surface area contributed by atoms with Crippen LogP contribution in [0.5, 0.6) is 0 Å². The van der Waals surface area contributed by atoms with Crippen LogP contribution >= 0.6 is 0 Å². The van der Waals surface area contributed by atoms with Gasteiger partial charge in [0.2, 0.25) is 0 Å². The molecule has 0 amide bonds. The van der Waals surface area contributed by atoms with Crippen molar-refractivity contribution < 1.29 is 4.39 Å². The highest BCUT2D eigenvalue weighted by atomic mass is 19.1. The average Bonchev–Trinajstić information content (AvgIpc) is 2.22. The van der Waals surface area contributed by atoms with Gasteiger partial charge in [-0.15, -0.1) is 0 Å². The van der Waals surface area contributed by atoms with Gasteiger partial charge in [0.05, 0.1) is 0 Å². The molecule has 1 atom stereocenters. The highest BCUT2D eigenvalue weighted by molar-refractivity contribution is 5.23. The minimum Gasteiger partial charge on any atom is -0.312 e. The van der Waals surface area contributed by atoms with Crippen LogP contribution in [0.2, 0.25) is 0 Å². The van der Waals surface area contributed by atoms with Gasteiger partial charge in [0, 0.05) is 6.54 Å². The lowest BCUT2D eigenvalue weighted by molar-refractivity contribution is 0.252. The van der Waals surface area contributed by atoms with E-state index in [4.69, 9.17) is 0 Å². The summed E-state index contributed by atoms with van der Waals surface area (Å²) in [7, 11) is 0. The first-order chi connectivity index (χ1) is 7.80. The fourth-order valence-electron chi connectivity index (χ4n) is 1.49. The normalized spacial score (nSPS) is 13.8. The van der Waals surface area contributed by atoms with Crippen molar-refractivity contribution in [2.75, 3.05) is 6.54 Å². The Morgan fingerprint density at radius 1 is 1.29 bits per heavy atom. The Morgan fingerprint density at radius 3 is 2.47 bits per heavy atom. The van der Waals surface area contributed by atoms with Gasteiger partial charge in [-0.1, -0.05) is 39.8 Å². The summed E-state index contributed by atoms with van der Waals surface area (Å²) in [4.78, 5) is 0. The van der Waals surface area contributed by atoms with Crippen LogP contribution in [-0.2, 0) is 6.54 Å². The molecule has 0 aliphatic heterocycles. The third-order valence-corrected chi connectivity index (χ3v) is 3.49. The van der Waals surface area contributed by atoms with Gasteiger partial charge < -0.3 is 5.32 Å². The Morgan fingerprint density at radius 2 is 1.94 bits per heavy atom. The highest BCUT2D eigenvalue weighted by Gasteiger charge is 2.19. The molecular weight excluding hydrogens is 213 g/mol. The van der Waals surface area contributed by atoms with Crippen molar-refractivity contribution in [3.8, 4) is 0 Å². The summed E-state index contributed by atoms with van der Waals surface area (Å²) in [5.41, 5.74) is 2.02. The van der Waals surface area contributed by atoms with Gasteiger partial charge >= 0.3 is 0 Å². The molecule has 0 bridgehead atoms. The molecule has 0 fully saturated rings. The molecule has 96 valence electrons. The van der Waals surface area contributed by atoms with E-state index in [0.29, 0.717) is 16.9 Å². The standard InChI is InChI=1S/C15H24FN/c1-11-6-7-13(8-14(11)16)10-17-9-12(2)15(3,4)5/h6-8,12,17H,9-10H2,1-5H3. The Kier molecular flexibility index (Phi) is 4.70. The van der Waals surface area contributed by atoms with Gasteiger partial charge in [0.15, 0.2) is 0 Å². The Balaban J connectivity index is 2.44. The SMILES string of the molecule is Cc1ccc(CNCC(C)C(C)(C)C)cc1F. The van der Waals surface area contributed by atoms with E-state index in [9.17, 15) is 4.39 Å². The largest absolute Gasteiger partial charge is 0.312 e. The van der Waals surface area contributed by atoms with Crippen LogP contribution in [-0.4, -0.2) is 6.54 Å². The van der Waals surface area contributed by atoms with E-state index in [2.05, 4.69) is 33.0 Å². The van der Waals surface area contributed by atoms with Crippen molar-refractivity contribution in [1.29, 1.82) is 0 Å². The Hall–Kier alpha value is -0.890. The van der Waals surface area contributed by atoms with Crippen molar-refractivity contribution in [1.82, 2.24) is 5.32 Å². The number of benzene rings is 1. The van der Waals surface area contributed by atoms with Crippen molar-refractivity contribution in [2.24, 2.45) is 11.3 Å². The number of halogens is 1. The molecule has 0 saturated heterocycles. The van der Waals surface area contributed by atoms with E-state index in [-0.39, 0.29) is 5.82 Å². The molecule has 1 nitrogen and oxygen atoms in total. The molecule has 0 saturated carbocycles. The predicted molar refractivity (Wildman–Crippen MR) is 71.5 cm³/mol. The second kappa shape index (κ2) is 5.63. The van der Waals surface area contributed by atoms with Gasteiger partial charge in [-0.3, -0.25) is 0 Å². The first kappa shape index (κ1) is 14.2. The lowest BCUT2D eigenvalue weighted by Crippen LogP contribution is -2.29. The lowest BCUT2D eigenvalue weighted by atomic mass is 9.82. The van der Waals surface area contributed by atoms with Gasteiger partial charge in [-0.05, 0) is 42.0 Å². The van der Waals surface area contributed by atoms with E-state index >= 15 is 0 Å². The first-order valence-corrected chi connectivity index (χ1v) is 6.26. The molecular formula is C15H24FN. The lowest BCUT2D eigenvalue weighted by Gasteiger charge is -2.27. The molecule has 1 aromatic carbocycles. The van der Waals surface area contributed by atoms with Crippen LogP contribution in [0.1, 0.15) is 38.8 Å². The van der Waals surface area contributed by atoms with E-state index in [1.807, 2.05) is 12.1 Å². The maximum atomic E-state index is 13.3. The van der Waals surface area contributed by atoms with Crippen LogP contribution in [0, 0.1) is 24.1 Å². The summed E-state index contributed by atoms with van der Waals surface area (Å²) in [6, 6.07) is 5.43. The summed E-state index contributed by atoms with van der Waals surface area (Å²) in [6.07, 6.45) is 0. The molecule has 1 aromatic rings. The first-order valence-electron chi connectivity index (χ1n) is 6.26. The van der Waals surface area contributed by atoms with Crippen molar-refractivity contribution in [2.45, 2.75) is 41.2 Å². The zero-order chi connectivity index (χ0) is 13.1. The summed E-state index contributed by atoms with van der Waals surface area (Å²) in [5, 5.41) is 3.39. The molecule has 1 unspecified atom stereocenters. The fourth-order valence-corrected chi connectivity index (χ4v) is 1.49. The molecule has 1 N–H and O–H groups in total. The molecule has 1 rings (SSSR count). The van der Waals surface area contributed by atoms with Crippen LogP contribution in [0.4, 0.5) is 4.39 Å². The van der Waals surface area contributed by atoms with E-state index in [0.717, 1.165) is 18.7 Å². The second-order valence-corrected chi connectivity index (χ2v) is 5.98. The van der Waals surface area contributed by atoms with Crippen molar-refractivity contribution >= 4 is 0 Å². The quantitative estimate of drug-likeness (QED) is 0.837. The zero-order valence-corrected chi connectivity index (χ0v) is 11.6. The Labute approximate surface area is 104 Å². The molecule has 0 aromatic heterocycles. The predicted octanol–water partition coefficient (Wildman–Crippen LogP) is 3.91. The van der Waals surface area contributed by atoms with E-state index in [1.165, 1.54) is 0 Å². The minimum atomic E-state index is -0.117. The molecule has 0 aliphatic carbocycles. The molecule has 17 heavy (non-hydrogen) atoms. The van der Waals surface area contributed by atoms with E-state index in [1.54, 1.807) is 13.0 Å². The minimum absolute atomic E-state index is 0.117. The van der Waals surface area contributed by atoms with Gasteiger partial charge in [-0.25, -0.2) is 4.39 Å². The number of hydrogen-bond donors (Lipinski definition) is 1.